The molecule has 0 N–H and O–H groups in total. The van der Waals surface area contributed by atoms with E-state index >= 15 is 0 Å². The lowest BCUT2D eigenvalue weighted by atomic mass is 10.0. The molecule has 4 aromatic rings. The van der Waals surface area contributed by atoms with Crippen LogP contribution >= 0.6 is 0 Å². The summed E-state index contributed by atoms with van der Waals surface area (Å²) in [6, 6.07) is 46.8. The van der Waals surface area contributed by atoms with E-state index in [0.717, 1.165) is 0 Å². The smallest absolute Gasteiger partial charge is 0.104 e. The second kappa shape index (κ2) is 27.6. The Hall–Kier alpha value is -3.28. The summed E-state index contributed by atoms with van der Waals surface area (Å²) in [7, 11) is 0. The number of rotatable bonds is 8. The average molecular weight is 897 g/mol. The second-order valence-electron chi connectivity index (χ2n) is 22.4. The number of hydrogen-bond donors (Lipinski definition) is 0. The largest absolute Gasteiger partial charge is 0.320 e. The first-order valence-corrected chi connectivity index (χ1v) is 28.1. The Balaban J connectivity index is 1.26. The molecule has 4 fully saturated rings. The summed E-state index contributed by atoms with van der Waals surface area (Å²) in [6.45, 7) is 21.1. The third kappa shape index (κ3) is 17.0. The number of quaternary nitrogens is 4. The highest BCUT2D eigenvalue weighted by Crippen LogP contribution is 2.29. The maximum absolute atomic E-state index is 2.44. The standard InChI is InChI=1S/C62H96N4/c1-2-24-44-64(56-60-37-17-10-18-38-60)46-26-5-6-28-48-65(57-61-39-19-11-20-40-61)49-29-7-8-30-50-66(54-34-14-32-52-64,58-62-41-21-12-22-42-62)47-27-4-3-25-45-63(43-23-1,51-31-13-33-53-65)55-59-35-15-9-16-36-59/h9-12,15-22,35-42H,1-8,13-14,23-34,43-58H2/q+4. The van der Waals surface area contributed by atoms with Crippen LogP contribution in [-0.2, 0) is 26.2 Å². The molecule has 0 radical (unpaired) electrons. The Kier molecular flexibility index (Phi) is 21.2. The minimum absolute atomic E-state index is 1.21. The van der Waals surface area contributed by atoms with Crippen molar-refractivity contribution >= 4 is 0 Å². The van der Waals surface area contributed by atoms with Gasteiger partial charge in [-0.25, -0.2) is 0 Å². The Morgan fingerprint density at radius 3 is 0.470 bits per heavy atom. The molecule has 4 aliphatic rings. The van der Waals surface area contributed by atoms with Gasteiger partial charge in [0.25, 0.3) is 0 Å². The molecule has 0 saturated carbocycles. The molecule has 4 aromatic carbocycles. The van der Waals surface area contributed by atoms with Gasteiger partial charge in [-0.3, -0.25) is 0 Å². The second-order valence-corrected chi connectivity index (χ2v) is 22.4. The van der Waals surface area contributed by atoms with E-state index in [1.165, 1.54) is 264 Å². The number of nitrogens with zero attached hydrogens (tertiary/aromatic N) is 4. The predicted molar refractivity (Wildman–Crippen MR) is 282 cm³/mol. The Morgan fingerprint density at radius 1 is 0.182 bits per heavy atom. The fourth-order valence-electron chi connectivity index (χ4n) is 13.3. The highest BCUT2D eigenvalue weighted by Gasteiger charge is 2.33. The van der Waals surface area contributed by atoms with Crippen molar-refractivity contribution in [2.75, 3.05) is 78.5 Å². The van der Waals surface area contributed by atoms with Crippen LogP contribution in [0.25, 0.3) is 0 Å². The molecule has 66 heavy (non-hydrogen) atoms. The molecule has 0 atom stereocenters. The number of fused-ring (bicyclic) bond motifs is 28. The molecular formula is C62H96N4+4. The Bertz CT molecular complexity index is 1540. The number of hydrogen-bond acceptors (Lipinski definition) is 0. The summed E-state index contributed by atoms with van der Waals surface area (Å²) in [5.74, 6) is 0. The summed E-state index contributed by atoms with van der Waals surface area (Å²) >= 11 is 0. The number of benzene rings is 4. The molecule has 0 unspecified atom stereocenters. The van der Waals surface area contributed by atoms with Gasteiger partial charge in [0.05, 0.1) is 78.5 Å². The molecule has 0 aromatic heterocycles. The van der Waals surface area contributed by atoms with E-state index in [1.807, 2.05) is 0 Å². The van der Waals surface area contributed by atoms with Crippen LogP contribution < -0.4 is 0 Å². The van der Waals surface area contributed by atoms with Gasteiger partial charge in [-0.15, -0.1) is 0 Å². The van der Waals surface area contributed by atoms with Crippen molar-refractivity contribution in [1.29, 1.82) is 0 Å². The SMILES string of the molecule is c1ccc(C[N+]23CCCCCC[N+]4(Cc5ccccc5)CCCCCC[N+](Cc5ccccc5)(CCCCCC[N+](Cc5ccccc5)(CCCCCC2)CCCCC4)CCCCC3)cc1. The first-order chi connectivity index (χ1) is 32.6. The lowest BCUT2D eigenvalue weighted by Gasteiger charge is -2.42. The fraction of sp³-hybridized carbons (Fsp3) is 0.613. The van der Waals surface area contributed by atoms with Crippen molar-refractivity contribution < 1.29 is 17.9 Å². The molecule has 0 spiro atoms. The summed E-state index contributed by atoms with van der Waals surface area (Å²) in [4.78, 5) is 0. The van der Waals surface area contributed by atoms with Crippen molar-refractivity contribution in [1.82, 2.24) is 0 Å². The first-order valence-electron chi connectivity index (χ1n) is 28.1. The van der Waals surface area contributed by atoms with Gasteiger partial charge in [0.2, 0.25) is 0 Å². The maximum atomic E-state index is 2.44. The van der Waals surface area contributed by atoms with Gasteiger partial charge in [-0.05, 0) is 141 Å². The van der Waals surface area contributed by atoms with E-state index in [0.29, 0.717) is 0 Å². The van der Waals surface area contributed by atoms with Crippen LogP contribution in [0.2, 0.25) is 0 Å². The van der Waals surface area contributed by atoms with Crippen LogP contribution in [0.5, 0.6) is 0 Å². The molecule has 4 heteroatoms. The highest BCUT2D eigenvalue weighted by atomic mass is 15.4. The minimum Gasteiger partial charge on any atom is -0.320 e. The quantitative estimate of drug-likeness (QED) is 0.155. The molecule has 4 saturated heterocycles. The molecule has 4 bridgehead atoms. The van der Waals surface area contributed by atoms with Crippen molar-refractivity contribution in [3.05, 3.63) is 144 Å². The van der Waals surface area contributed by atoms with Crippen LogP contribution in [-0.4, -0.2) is 96.5 Å². The zero-order chi connectivity index (χ0) is 45.3. The van der Waals surface area contributed by atoms with Gasteiger partial charge in [0.15, 0.2) is 0 Å². The topological polar surface area (TPSA) is 0 Å². The van der Waals surface area contributed by atoms with E-state index in [4.69, 9.17) is 0 Å². The third-order valence-electron chi connectivity index (χ3n) is 17.0. The van der Waals surface area contributed by atoms with Gasteiger partial charge in [-0.2, -0.15) is 0 Å². The Labute approximate surface area is 405 Å². The van der Waals surface area contributed by atoms with E-state index in [2.05, 4.69) is 121 Å². The molecule has 4 nitrogen and oxygen atoms in total. The summed E-state index contributed by atoms with van der Waals surface area (Å²) < 4.78 is 5.21. The molecule has 4 heterocycles. The fourth-order valence-corrected chi connectivity index (χ4v) is 13.3. The predicted octanol–water partition coefficient (Wildman–Crippen LogP) is 14.7. The molecule has 8 rings (SSSR count). The van der Waals surface area contributed by atoms with Crippen LogP contribution in [0.1, 0.15) is 164 Å². The molecule has 360 valence electrons. The lowest BCUT2D eigenvalue weighted by Crippen LogP contribution is -2.51. The monoisotopic (exact) mass is 897 g/mol. The molecular weight excluding hydrogens is 801 g/mol. The highest BCUT2D eigenvalue weighted by molar-refractivity contribution is 5.16. The zero-order valence-electron chi connectivity index (χ0n) is 42.2. The average Bonchev–Trinajstić information content (AvgIpc) is 3.33. The third-order valence-corrected chi connectivity index (χ3v) is 17.0. The van der Waals surface area contributed by atoms with E-state index in [1.54, 1.807) is 22.3 Å². The van der Waals surface area contributed by atoms with Crippen molar-refractivity contribution in [3.8, 4) is 0 Å². The van der Waals surface area contributed by atoms with Crippen LogP contribution in [0.15, 0.2) is 121 Å². The van der Waals surface area contributed by atoms with Crippen molar-refractivity contribution in [2.45, 2.75) is 167 Å². The van der Waals surface area contributed by atoms with Gasteiger partial charge in [0.1, 0.15) is 26.2 Å². The van der Waals surface area contributed by atoms with Gasteiger partial charge < -0.3 is 17.9 Å². The summed E-state index contributed by atoms with van der Waals surface area (Å²) in [5.41, 5.74) is 6.22. The van der Waals surface area contributed by atoms with E-state index < -0.39 is 0 Å². The van der Waals surface area contributed by atoms with Crippen molar-refractivity contribution in [3.63, 3.8) is 0 Å². The van der Waals surface area contributed by atoms with Crippen molar-refractivity contribution in [2.24, 2.45) is 0 Å². The van der Waals surface area contributed by atoms with Gasteiger partial charge in [0, 0.05) is 22.3 Å². The molecule has 4 aliphatic heterocycles. The van der Waals surface area contributed by atoms with E-state index in [9.17, 15) is 0 Å². The van der Waals surface area contributed by atoms with Gasteiger partial charge >= 0.3 is 0 Å². The van der Waals surface area contributed by atoms with Crippen LogP contribution in [0.4, 0.5) is 0 Å². The first kappa shape index (κ1) is 50.6. The maximum Gasteiger partial charge on any atom is 0.104 e. The summed E-state index contributed by atoms with van der Waals surface area (Å²) in [5, 5.41) is 0. The lowest BCUT2D eigenvalue weighted by molar-refractivity contribution is -0.944. The summed E-state index contributed by atoms with van der Waals surface area (Å²) in [6.07, 6.45) is 30.4. The molecule has 0 aliphatic carbocycles. The normalized spacial score (nSPS) is 28.2. The minimum atomic E-state index is 1.21. The van der Waals surface area contributed by atoms with E-state index in [-0.39, 0.29) is 0 Å². The Morgan fingerprint density at radius 2 is 0.318 bits per heavy atom. The van der Waals surface area contributed by atoms with Crippen LogP contribution in [0.3, 0.4) is 0 Å². The molecule has 0 amide bonds. The zero-order valence-corrected chi connectivity index (χ0v) is 42.2. The van der Waals surface area contributed by atoms with Gasteiger partial charge in [-0.1, -0.05) is 121 Å². The van der Waals surface area contributed by atoms with Crippen LogP contribution in [0, 0.1) is 0 Å².